The molecule has 0 unspecified atom stereocenters. The van der Waals surface area contributed by atoms with Crippen LogP contribution in [-0.4, -0.2) is 22.7 Å². The number of carbonyl (C=O) groups is 1. The minimum atomic E-state index is -0.152. The number of benzene rings is 1. The molecule has 112 valence electrons. The molecule has 0 aliphatic rings. The number of para-hydroxylation sites is 1. The lowest BCUT2D eigenvalue weighted by atomic mass is 10.3. The fourth-order valence-corrected chi connectivity index (χ4v) is 2.66. The molecule has 0 aliphatic carbocycles. The van der Waals surface area contributed by atoms with E-state index in [2.05, 4.69) is 22.4 Å². The van der Waals surface area contributed by atoms with Gasteiger partial charge in [0.25, 0.3) is 0 Å². The summed E-state index contributed by atoms with van der Waals surface area (Å²) in [4.78, 5) is 11.8. The number of hydrogen-bond acceptors (Lipinski definition) is 5. The first kappa shape index (κ1) is 15.7. The topological polar surface area (TPSA) is 64.1 Å². The second kappa shape index (κ2) is 7.95. The van der Waals surface area contributed by atoms with Crippen molar-refractivity contribution in [2.45, 2.75) is 26.2 Å². The second-order valence-electron chi connectivity index (χ2n) is 4.33. The molecule has 1 heterocycles. The van der Waals surface area contributed by atoms with Crippen LogP contribution in [0.25, 0.3) is 0 Å². The summed E-state index contributed by atoms with van der Waals surface area (Å²) in [6, 6.07) is 7.17. The zero-order chi connectivity index (χ0) is 15.1. The molecule has 0 aliphatic heterocycles. The third-order valence-electron chi connectivity index (χ3n) is 2.60. The van der Waals surface area contributed by atoms with Gasteiger partial charge >= 0.3 is 0 Å². The first-order valence-corrected chi connectivity index (χ1v) is 7.88. The predicted molar refractivity (Wildman–Crippen MR) is 84.1 cm³/mol. The summed E-state index contributed by atoms with van der Waals surface area (Å²) in [5, 5.41) is 12.6. The molecular formula is C14H16ClN3O2S. The maximum absolute atomic E-state index is 11.8. The Hall–Kier alpha value is -1.66. The van der Waals surface area contributed by atoms with Crippen molar-refractivity contribution >= 4 is 34.0 Å². The number of aromatic nitrogens is 2. The molecule has 7 heteroatoms. The molecule has 21 heavy (non-hydrogen) atoms. The maximum atomic E-state index is 11.8. The zero-order valence-corrected chi connectivity index (χ0v) is 13.2. The normalized spacial score (nSPS) is 10.4. The Labute approximate surface area is 132 Å². The van der Waals surface area contributed by atoms with Crippen molar-refractivity contribution in [3.63, 3.8) is 0 Å². The van der Waals surface area contributed by atoms with E-state index in [0.29, 0.717) is 15.9 Å². The molecule has 1 aromatic carbocycles. The Morgan fingerprint density at radius 2 is 2.19 bits per heavy atom. The van der Waals surface area contributed by atoms with Gasteiger partial charge in [0, 0.05) is 6.42 Å². The first-order chi connectivity index (χ1) is 10.2. The number of carbonyl (C=O) groups excluding carboxylic acids is 1. The van der Waals surface area contributed by atoms with Crippen LogP contribution in [0.2, 0.25) is 5.02 Å². The van der Waals surface area contributed by atoms with Crippen LogP contribution >= 0.6 is 22.9 Å². The lowest BCUT2D eigenvalue weighted by Crippen LogP contribution is -2.15. The third-order valence-corrected chi connectivity index (χ3v) is 3.81. The van der Waals surface area contributed by atoms with Crippen molar-refractivity contribution in [1.29, 1.82) is 0 Å². The SMILES string of the molecule is CCCc1nnc(NC(=O)CCOc2ccccc2Cl)s1. The molecule has 0 radical (unpaired) electrons. The quantitative estimate of drug-likeness (QED) is 0.845. The Morgan fingerprint density at radius 1 is 1.38 bits per heavy atom. The molecule has 0 atom stereocenters. The molecular weight excluding hydrogens is 310 g/mol. The summed E-state index contributed by atoms with van der Waals surface area (Å²) < 4.78 is 5.46. The van der Waals surface area contributed by atoms with Gasteiger partial charge in [0.2, 0.25) is 11.0 Å². The second-order valence-corrected chi connectivity index (χ2v) is 5.80. The van der Waals surface area contributed by atoms with Gasteiger partial charge in [0.15, 0.2) is 0 Å². The van der Waals surface area contributed by atoms with Crippen LogP contribution < -0.4 is 10.1 Å². The van der Waals surface area contributed by atoms with E-state index in [1.807, 2.05) is 12.1 Å². The van der Waals surface area contributed by atoms with E-state index in [4.69, 9.17) is 16.3 Å². The average Bonchev–Trinajstić information content (AvgIpc) is 2.88. The van der Waals surface area contributed by atoms with Crippen molar-refractivity contribution in [2.75, 3.05) is 11.9 Å². The van der Waals surface area contributed by atoms with Gasteiger partial charge in [-0.05, 0) is 18.6 Å². The molecule has 0 fully saturated rings. The number of rotatable bonds is 7. The van der Waals surface area contributed by atoms with Crippen LogP contribution in [0.3, 0.4) is 0 Å². The van der Waals surface area contributed by atoms with Crippen molar-refractivity contribution in [2.24, 2.45) is 0 Å². The number of halogens is 1. The van der Waals surface area contributed by atoms with Crippen LogP contribution in [0.4, 0.5) is 5.13 Å². The van der Waals surface area contributed by atoms with Crippen LogP contribution in [-0.2, 0) is 11.2 Å². The molecule has 0 bridgehead atoms. The number of amides is 1. The highest BCUT2D eigenvalue weighted by atomic mass is 35.5. The van der Waals surface area contributed by atoms with Crippen molar-refractivity contribution < 1.29 is 9.53 Å². The van der Waals surface area contributed by atoms with Crippen molar-refractivity contribution in [3.05, 3.63) is 34.3 Å². The van der Waals surface area contributed by atoms with Gasteiger partial charge in [-0.1, -0.05) is 42.0 Å². The standard InChI is InChI=1S/C14H16ClN3O2S/c1-2-5-13-17-18-14(21-13)16-12(19)8-9-20-11-7-4-3-6-10(11)15/h3-4,6-7H,2,5,8-9H2,1H3,(H,16,18,19). The molecule has 0 saturated heterocycles. The summed E-state index contributed by atoms with van der Waals surface area (Å²) in [5.74, 6) is 0.425. The van der Waals surface area contributed by atoms with Gasteiger partial charge in [0.05, 0.1) is 18.1 Å². The highest BCUT2D eigenvalue weighted by Gasteiger charge is 2.08. The Balaban J connectivity index is 1.75. The number of aryl methyl sites for hydroxylation is 1. The largest absolute Gasteiger partial charge is 0.491 e. The van der Waals surface area contributed by atoms with Gasteiger partial charge in [-0.25, -0.2) is 0 Å². The Bertz CT molecular complexity index is 603. The average molecular weight is 326 g/mol. The maximum Gasteiger partial charge on any atom is 0.229 e. The summed E-state index contributed by atoms with van der Waals surface area (Å²) >= 11 is 7.36. The number of nitrogens with one attached hydrogen (secondary N) is 1. The molecule has 5 nitrogen and oxygen atoms in total. The summed E-state index contributed by atoms with van der Waals surface area (Å²) in [7, 11) is 0. The number of ether oxygens (including phenoxy) is 1. The zero-order valence-electron chi connectivity index (χ0n) is 11.6. The Kier molecular flexibility index (Phi) is 5.95. The third kappa shape index (κ3) is 4.99. The highest BCUT2D eigenvalue weighted by Crippen LogP contribution is 2.23. The molecule has 2 aromatic rings. The smallest absolute Gasteiger partial charge is 0.229 e. The molecule has 2 rings (SSSR count). The predicted octanol–water partition coefficient (Wildman–Crippen LogP) is 3.55. The number of anilines is 1. The van der Waals surface area contributed by atoms with E-state index in [9.17, 15) is 4.79 Å². The Morgan fingerprint density at radius 3 is 2.95 bits per heavy atom. The van der Waals surface area contributed by atoms with E-state index in [0.717, 1.165) is 17.8 Å². The molecule has 1 amide bonds. The van der Waals surface area contributed by atoms with Crippen LogP contribution in [0.15, 0.2) is 24.3 Å². The fourth-order valence-electron chi connectivity index (χ4n) is 1.62. The number of nitrogens with zero attached hydrogens (tertiary/aromatic N) is 2. The minimum absolute atomic E-state index is 0.152. The fraction of sp³-hybridized carbons (Fsp3) is 0.357. The van der Waals surface area contributed by atoms with Crippen molar-refractivity contribution in [3.8, 4) is 5.75 Å². The van der Waals surface area contributed by atoms with Gasteiger partial charge in [0.1, 0.15) is 10.8 Å². The van der Waals surface area contributed by atoms with Crippen LogP contribution in [0.5, 0.6) is 5.75 Å². The van der Waals surface area contributed by atoms with E-state index >= 15 is 0 Å². The highest BCUT2D eigenvalue weighted by molar-refractivity contribution is 7.15. The summed E-state index contributed by atoms with van der Waals surface area (Å²) in [6.45, 7) is 2.34. The van der Waals surface area contributed by atoms with Gasteiger partial charge < -0.3 is 10.1 Å². The minimum Gasteiger partial charge on any atom is -0.491 e. The van der Waals surface area contributed by atoms with E-state index in [-0.39, 0.29) is 18.9 Å². The summed E-state index contributed by atoms with van der Waals surface area (Å²) in [6.07, 6.45) is 2.12. The molecule has 0 saturated carbocycles. The monoisotopic (exact) mass is 325 g/mol. The molecule has 1 N–H and O–H groups in total. The van der Waals surface area contributed by atoms with Crippen LogP contribution in [0, 0.1) is 0 Å². The lowest BCUT2D eigenvalue weighted by molar-refractivity contribution is -0.116. The van der Waals surface area contributed by atoms with Crippen molar-refractivity contribution in [1.82, 2.24) is 10.2 Å². The first-order valence-electron chi connectivity index (χ1n) is 6.68. The van der Waals surface area contributed by atoms with Gasteiger partial charge in [-0.15, -0.1) is 10.2 Å². The number of hydrogen-bond donors (Lipinski definition) is 1. The van der Waals surface area contributed by atoms with E-state index < -0.39 is 0 Å². The van der Waals surface area contributed by atoms with E-state index in [1.165, 1.54) is 11.3 Å². The lowest BCUT2D eigenvalue weighted by Gasteiger charge is -2.07. The van der Waals surface area contributed by atoms with Gasteiger partial charge in [-0.3, -0.25) is 4.79 Å². The molecule has 1 aromatic heterocycles. The van der Waals surface area contributed by atoms with Crippen LogP contribution in [0.1, 0.15) is 24.8 Å². The molecule has 0 spiro atoms. The summed E-state index contributed by atoms with van der Waals surface area (Å²) in [5.41, 5.74) is 0. The van der Waals surface area contributed by atoms with E-state index in [1.54, 1.807) is 12.1 Å². The van der Waals surface area contributed by atoms with Gasteiger partial charge in [-0.2, -0.15) is 0 Å².